The molecule has 2 atom stereocenters. The van der Waals surface area contributed by atoms with Gasteiger partial charge in [0.25, 0.3) is 0 Å². The van der Waals surface area contributed by atoms with Gasteiger partial charge < -0.3 is 5.32 Å². The maximum absolute atomic E-state index is 3.50. The van der Waals surface area contributed by atoms with Gasteiger partial charge in [0.2, 0.25) is 0 Å². The molecule has 2 saturated heterocycles. The van der Waals surface area contributed by atoms with Crippen LogP contribution in [0.3, 0.4) is 0 Å². The standard InChI is InChI=1S/C8H17N2P/c11-10-5-3-8(7-10)2-1-4-9-6-8/h9H,1-7,11H2. The number of hydrogen-bond acceptors (Lipinski definition) is 2. The molecule has 2 nitrogen and oxygen atoms in total. The third-order valence-corrected chi connectivity index (χ3v) is 3.47. The molecule has 0 radical (unpaired) electrons. The van der Waals surface area contributed by atoms with Crippen molar-refractivity contribution in [3.63, 3.8) is 0 Å². The molecular weight excluding hydrogens is 155 g/mol. The van der Waals surface area contributed by atoms with Crippen LogP contribution in [-0.2, 0) is 0 Å². The summed E-state index contributed by atoms with van der Waals surface area (Å²) in [6.07, 6.45) is 4.20. The Labute approximate surface area is 71.0 Å². The first-order chi connectivity index (χ1) is 5.31. The Morgan fingerprint density at radius 2 is 2.27 bits per heavy atom. The maximum Gasteiger partial charge on any atom is 0.00855 e. The monoisotopic (exact) mass is 172 g/mol. The van der Waals surface area contributed by atoms with Crippen LogP contribution in [-0.4, -0.2) is 30.8 Å². The van der Waals surface area contributed by atoms with Crippen LogP contribution in [0.25, 0.3) is 0 Å². The smallest absolute Gasteiger partial charge is 0.00855 e. The van der Waals surface area contributed by atoms with E-state index in [-0.39, 0.29) is 0 Å². The Hall–Kier alpha value is 0.350. The molecule has 0 aromatic rings. The molecule has 2 aliphatic heterocycles. The Bertz CT molecular complexity index is 138. The zero-order chi connectivity index (χ0) is 7.73. The molecule has 0 aromatic carbocycles. The summed E-state index contributed by atoms with van der Waals surface area (Å²) < 4.78 is 2.38. The highest BCUT2D eigenvalue weighted by atomic mass is 31.0. The molecule has 1 spiro atoms. The minimum atomic E-state index is 0.639. The van der Waals surface area contributed by atoms with E-state index in [1.165, 1.54) is 45.4 Å². The van der Waals surface area contributed by atoms with Crippen molar-refractivity contribution < 1.29 is 0 Å². The zero-order valence-corrected chi connectivity index (χ0v) is 8.13. The fourth-order valence-electron chi connectivity index (χ4n) is 2.35. The van der Waals surface area contributed by atoms with Gasteiger partial charge in [0.15, 0.2) is 0 Å². The van der Waals surface area contributed by atoms with Gasteiger partial charge in [-0.05, 0) is 31.2 Å². The lowest BCUT2D eigenvalue weighted by molar-refractivity contribution is 0.227. The molecule has 2 unspecified atom stereocenters. The van der Waals surface area contributed by atoms with Gasteiger partial charge in [-0.15, -0.1) is 0 Å². The molecule has 3 heteroatoms. The van der Waals surface area contributed by atoms with Crippen LogP contribution in [0.5, 0.6) is 0 Å². The van der Waals surface area contributed by atoms with Gasteiger partial charge in [-0.1, -0.05) is 9.39 Å². The summed E-state index contributed by atoms with van der Waals surface area (Å²) in [6.45, 7) is 5.04. The predicted octanol–water partition coefficient (Wildman–Crippen LogP) is 0.852. The Morgan fingerprint density at radius 1 is 1.36 bits per heavy atom. The molecular formula is C8H17N2P. The van der Waals surface area contributed by atoms with E-state index in [0.29, 0.717) is 5.41 Å². The summed E-state index contributed by atoms with van der Waals surface area (Å²) >= 11 is 0. The van der Waals surface area contributed by atoms with E-state index in [1.807, 2.05) is 0 Å². The fourth-order valence-corrected chi connectivity index (χ4v) is 2.86. The molecule has 0 aliphatic carbocycles. The van der Waals surface area contributed by atoms with Gasteiger partial charge in [0, 0.05) is 19.6 Å². The first-order valence-corrected chi connectivity index (χ1v) is 5.03. The number of nitrogens with one attached hydrogen (secondary N) is 1. The normalized spacial score (nSPS) is 40.1. The van der Waals surface area contributed by atoms with E-state index in [2.05, 4.69) is 19.4 Å². The van der Waals surface area contributed by atoms with Crippen LogP contribution in [0, 0.1) is 5.41 Å². The topological polar surface area (TPSA) is 15.3 Å². The molecule has 0 aromatic heterocycles. The number of nitrogens with zero attached hydrogens (tertiary/aromatic N) is 1. The summed E-state index contributed by atoms with van der Waals surface area (Å²) in [4.78, 5) is 0. The third kappa shape index (κ3) is 1.58. The van der Waals surface area contributed by atoms with Crippen LogP contribution >= 0.6 is 9.39 Å². The molecule has 2 heterocycles. The number of piperidine rings is 1. The lowest BCUT2D eigenvalue weighted by Crippen LogP contribution is -2.41. The first-order valence-electron chi connectivity index (χ1n) is 4.51. The minimum absolute atomic E-state index is 0.639. The lowest BCUT2D eigenvalue weighted by Gasteiger charge is -2.33. The van der Waals surface area contributed by atoms with Gasteiger partial charge in [-0.25, -0.2) is 0 Å². The number of hydrogen-bond donors (Lipinski definition) is 1. The maximum atomic E-state index is 3.50. The summed E-state index contributed by atoms with van der Waals surface area (Å²) in [7, 11) is 2.82. The molecule has 2 fully saturated rings. The average Bonchev–Trinajstić information content (AvgIpc) is 2.34. The first kappa shape index (κ1) is 7.97. The van der Waals surface area contributed by atoms with Gasteiger partial charge >= 0.3 is 0 Å². The van der Waals surface area contributed by atoms with Gasteiger partial charge in [0.05, 0.1) is 0 Å². The fraction of sp³-hybridized carbons (Fsp3) is 1.00. The van der Waals surface area contributed by atoms with Crippen molar-refractivity contribution in [3.05, 3.63) is 0 Å². The van der Waals surface area contributed by atoms with Crippen LogP contribution in [0.2, 0.25) is 0 Å². The van der Waals surface area contributed by atoms with E-state index < -0.39 is 0 Å². The van der Waals surface area contributed by atoms with Crippen molar-refractivity contribution in [3.8, 4) is 0 Å². The van der Waals surface area contributed by atoms with Crippen LogP contribution < -0.4 is 5.32 Å². The summed E-state index contributed by atoms with van der Waals surface area (Å²) in [5.41, 5.74) is 0.639. The Kier molecular flexibility index (Phi) is 2.18. The molecule has 1 N–H and O–H groups in total. The van der Waals surface area contributed by atoms with E-state index in [1.54, 1.807) is 0 Å². The SMILES string of the molecule is PN1CCC2(CCCNC2)C1. The van der Waals surface area contributed by atoms with Gasteiger partial charge in [-0.3, -0.25) is 4.67 Å². The largest absolute Gasteiger partial charge is 0.316 e. The van der Waals surface area contributed by atoms with Gasteiger partial charge in [0.1, 0.15) is 0 Å². The second-order valence-corrected chi connectivity index (χ2v) is 4.73. The highest BCUT2D eigenvalue weighted by Crippen LogP contribution is 2.37. The molecule has 11 heavy (non-hydrogen) atoms. The van der Waals surface area contributed by atoms with Crippen molar-refractivity contribution in [2.45, 2.75) is 19.3 Å². The van der Waals surface area contributed by atoms with Crippen molar-refractivity contribution in [2.24, 2.45) is 5.41 Å². The Balaban J connectivity index is 1.98. The van der Waals surface area contributed by atoms with E-state index in [4.69, 9.17) is 0 Å². The Morgan fingerprint density at radius 3 is 2.82 bits per heavy atom. The molecule has 2 rings (SSSR count). The highest BCUT2D eigenvalue weighted by molar-refractivity contribution is 7.13. The van der Waals surface area contributed by atoms with Crippen molar-refractivity contribution in [1.82, 2.24) is 9.99 Å². The summed E-state index contributed by atoms with van der Waals surface area (Å²) in [5.74, 6) is 0. The summed E-state index contributed by atoms with van der Waals surface area (Å²) in [5, 5.41) is 3.50. The van der Waals surface area contributed by atoms with E-state index >= 15 is 0 Å². The van der Waals surface area contributed by atoms with Gasteiger partial charge in [-0.2, -0.15) is 0 Å². The number of rotatable bonds is 0. The molecule has 0 amide bonds. The van der Waals surface area contributed by atoms with Crippen molar-refractivity contribution in [2.75, 3.05) is 26.2 Å². The summed E-state index contributed by atoms with van der Waals surface area (Å²) in [6, 6.07) is 0. The van der Waals surface area contributed by atoms with Crippen LogP contribution in [0.15, 0.2) is 0 Å². The highest BCUT2D eigenvalue weighted by Gasteiger charge is 2.37. The van der Waals surface area contributed by atoms with Crippen molar-refractivity contribution in [1.29, 1.82) is 0 Å². The molecule has 2 aliphatic rings. The van der Waals surface area contributed by atoms with Crippen LogP contribution in [0.4, 0.5) is 0 Å². The molecule has 0 bridgehead atoms. The molecule has 64 valence electrons. The quantitative estimate of drug-likeness (QED) is 0.545. The predicted molar refractivity (Wildman–Crippen MR) is 50.4 cm³/mol. The second kappa shape index (κ2) is 3.01. The minimum Gasteiger partial charge on any atom is -0.316 e. The van der Waals surface area contributed by atoms with Crippen LogP contribution in [0.1, 0.15) is 19.3 Å². The lowest BCUT2D eigenvalue weighted by atomic mass is 9.80. The van der Waals surface area contributed by atoms with E-state index in [0.717, 1.165) is 0 Å². The van der Waals surface area contributed by atoms with E-state index in [9.17, 15) is 0 Å². The second-order valence-electron chi connectivity index (χ2n) is 4.00. The average molecular weight is 172 g/mol. The molecule has 0 saturated carbocycles. The third-order valence-electron chi connectivity index (χ3n) is 3.03. The van der Waals surface area contributed by atoms with Crippen molar-refractivity contribution >= 4 is 9.39 Å². The zero-order valence-electron chi connectivity index (χ0n) is 6.97.